The monoisotopic (exact) mass is 348 g/mol. The van der Waals surface area contributed by atoms with Gasteiger partial charge < -0.3 is 4.74 Å². The Labute approximate surface area is 144 Å². The number of hydrogen-bond donors (Lipinski definition) is 1. The van der Waals surface area contributed by atoms with E-state index in [2.05, 4.69) is 4.90 Å². The van der Waals surface area contributed by atoms with Crippen molar-refractivity contribution in [3.63, 3.8) is 0 Å². The molecule has 0 radical (unpaired) electrons. The number of primary sulfonamides is 1. The van der Waals surface area contributed by atoms with E-state index in [1.54, 1.807) is 12.1 Å². The van der Waals surface area contributed by atoms with E-state index in [9.17, 15) is 8.42 Å². The lowest BCUT2D eigenvalue weighted by Gasteiger charge is -2.25. The summed E-state index contributed by atoms with van der Waals surface area (Å²) in [6.07, 6.45) is 0.880. The molecule has 0 aliphatic rings. The van der Waals surface area contributed by atoms with Crippen LogP contribution in [0.15, 0.2) is 59.5 Å². The second-order valence-electron chi connectivity index (χ2n) is 5.79. The highest BCUT2D eigenvalue weighted by molar-refractivity contribution is 7.89. The zero-order valence-electron chi connectivity index (χ0n) is 14.1. The van der Waals surface area contributed by atoms with Crippen LogP contribution in [0, 0.1) is 0 Å². The fraction of sp³-hybridized carbons (Fsp3) is 0.333. The van der Waals surface area contributed by atoms with Gasteiger partial charge in [0.25, 0.3) is 0 Å². The molecule has 0 aliphatic heterocycles. The summed E-state index contributed by atoms with van der Waals surface area (Å²) < 4.78 is 28.6. The molecule has 130 valence electrons. The van der Waals surface area contributed by atoms with Crippen LogP contribution >= 0.6 is 0 Å². The minimum absolute atomic E-state index is 0.0865. The molecule has 5 nitrogen and oxygen atoms in total. The molecule has 0 heterocycles. The van der Waals surface area contributed by atoms with Crippen molar-refractivity contribution in [3.8, 4) is 5.75 Å². The molecule has 0 aromatic heterocycles. The summed E-state index contributed by atoms with van der Waals surface area (Å²) in [5, 5.41) is 5.20. The van der Waals surface area contributed by atoms with E-state index in [0.717, 1.165) is 24.3 Å². The standard InChI is InChI=1S/C18H24N2O3S/c1-15(16-8-6-11-18(14-16)24(19,21)22)20(2)12-7-13-23-17-9-4-3-5-10-17/h3-6,8-11,14-15H,7,12-13H2,1-2H3,(H2,19,21,22)/t15-/m0/s1. The zero-order valence-corrected chi connectivity index (χ0v) is 14.9. The average molecular weight is 348 g/mol. The lowest BCUT2D eigenvalue weighted by Crippen LogP contribution is -2.25. The third-order valence-electron chi connectivity index (χ3n) is 4.00. The van der Waals surface area contributed by atoms with Crippen LogP contribution in [0.2, 0.25) is 0 Å². The van der Waals surface area contributed by atoms with Gasteiger partial charge in [-0.05, 0) is 50.2 Å². The summed E-state index contributed by atoms with van der Waals surface area (Å²) >= 11 is 0. The normalized spacial score (nSPS) is 13.0. The highest BCUT2D eigenvalue weighted by atomic mass is 32.2. The summed E-state index contributed by atoms with van der Waals surface area (Å²) in [5.41, 5.74) is 0.924. The number of sulfonamides is 1. The SMILES string of the molecule is C[C@@H](c1cccc(S(N)(=O)=O)c1)N(C)CCCOc1ccccc1. The van der Waals surface area contributed by atoms with Gasteiger partial charge in [-0.2, -0.15) is 0 Å². The molecule has 2 aromatic rings. The number of para-hydroxylation sites is 1. The Morgan fingerprint density at radius 3 is 2.50 bits per heavy atom. The van der Waals surface area contributed by atoms with Gasteiger partial charge in [-0.1, -0.05) is 30.3 Å². The molecule has 1 atom stereocenters. The molecule has 0 unspecified atom stereocenters. The van der Waals surface area contributed by atoms with Crippen molar-refractivity contribution < 1.29 is 13.2 Å². The summed E-state index contributed by atoms with van der Waals surface area (Å²) in [6, 6.07) is 16.6. The van der Waals surface area contributed by atoms with Crippen molar-refractivity contribution in [1.82, 2.24) is 4.90 Å². The number of benzene rings is 2. The quantitative estimate of drug-likeness (QED) is 0.745. The predicted octanol–water partition coefficient (Wildman–Crippen LogP) is 2.80. The van der Waals surface area contributed by atoms with Gasteiger partial charge in [0.2, 0.25) is 10.0 Å². The van der Waals surface area contributed by atoms with Crippen LogP contribution in [0.3, 0.4) is 0 Å². The first-order valence-corrected chi connectivity index (χ1v) is 9.43. The van der Waals surface area contributed by atoms with Crippen molar-refractivity contribution in [2.45, 2.75) is 24.3 Å². The maximum Gasteiger partial charge on any atom is 0.238 e. The number of nitrogens with two attached hydrogens (primary N) is 1. The van der Waals surface area contributed by atoms with E-state index < -0.39 is 10.0 Å². The molecule has 2 rings (SSSR count). The van der Waals surface area contributed by atoms with Gasteiger partial charge >= 0.3 is 0 Å². The Hall–Kier alpha value is -1.89. The average Bonchev–Trinajstić information content (AvgIpc) is 2.58. The van der Waals surface area contributed by atoms with Gasteiger partial charge in [-0.15, -0.1) is 0 Å². The summed E-state index contributed by atoms with van der Waals surface area (Å²) in [4.78, 5) is 2.31. The molecule has 2 N–H and O–H groups in total. The second kappa shape index (κ2) is 8.28. The first-order chi connectivity index (χ1) is 11.4. The van der Waals surface area contributed by atoms with Crippen LogP contribution in [-0.4, -0.2) is 33.5 Å². The van der Waals surface area contributed by atoms with Crippen molar-refractivity contribution in [2.75, 3.05) is 20.2 Å². The molecule has 0 amide bonds. The van der Waals surface area contributed by atoms with E-state index in [1.807, 2.05) is 50.4 Å². The third kappa shape index (κ3) is 5.33. The molecule has 24 heavy (non-hydrogen) atoms. The van der Waals surface area contributed by atoms with Crippen molar-refractivity contribution in [3.05, 3.63) is 60.2 Å². The Morgan fingerprint density at radius 1 is 1.12 bits per heavy atom. The third-order valence-corrected chi connectivity index (χ3v) is 4.91. The minimum atomic E-state index is -3.67. The molecular formula is C18H24N2O3S. The molecule has 0 saturated carbocycles. The van der Waals surface area contributed by atoms with E-state index in [-0.39, 0.29) is 10.9 Å². The first kappa shape index (κ1) is 18.4. The minimum Gasteiger partial charge on any atom is -0.494 e. The van der Waals surface area contributed by atoms with Gasteiger partial charge in [0.15, 0.2) is 0 Å². The molecule has 2 aromatic carbocycles. The van der Waals surface area contributed by atoms with E-state index in [4.69, 9.17) is 9.88 Å². The predicted molar refractivity (Wildman–Crippen MR) is 95.4 cm³/mol. The smallest absolute Gasteiger partial charge is 0.238 e. The highest BCUT2D eigenvalue weighted by Crippen LogP contribution is 2.21. The maximum absolute atomic E-state index is 11.5. The van der Waals surface area contributed by atoms with Crippen molar-refractivity contribution >= 4 is 10.0 Å². The number of rotatable bonds is 8. The molecule has 0 aliphatic carbocycles. The lowest BCUT2D eigenvalue weighted by molar-refractivity contribution is 0.226. The van der Waals surface area contributed by atoms with Gasteiger partial charge in [-0.25, -0.2) is 13.6 Å². The first-order valence-electron chi connectivity index (χ1n) is 7.89. The second-order valence-corrected chi connectivity index (χ2v) is 7.35. The van der Waals surface area contributed by atoms with Crippen LogP contribution < -0.4 is 9.88 Å². The molecule has 6 heteroatoms. The molecule has 0 fully saturated rings. The number of nitrogens with zero attached hydrogens (tertiary/aromatic N) is 1. The van der Waals surface area contributed by atoms with Crippen molar-refractivity contribution in [1.29, 1.82) is 0 Å². The van der Waals surface area contributed by atoms with Crippen LogP contribution in [0.5, 0.6) is 5.75 Å². The Morgan fingerprint density at radius 2 is 1.83 bits per heavy atom. The van der Waals surface area contributed by atoms with Gasteiger partial charge in [0, 0.05) is 12.6 Å². The summed E-state index contributed by atoms with van der Waals surface area (Å²) in [6.45, 7) is 3.52. The fourth-order valence-electron chi connectivity index (χ4n) is 2.42. The largest absolute Gasteiger partial charge is 0.494 e. The van der Waals surface area contributed by atoms with Crippen LogP contribution in [-0.2, 0) is 10.0 Å². The molecule has 0 bridgehead atoms. The molecular weight excluding hydrogens is 324 g/mol. The van der Waals surface area contributed by atoms with Gasteiger partial charge in [-0.3, -0.25) is 4.90 Å². The lowest BCUT2D eigenvalue weighted by atomic mass is 10.1. The van der Waals surface area contributed by atoms with E-state index in [1.165, 1.54) is 6.07 Å². The zero-order chi connectivity index (χ0) is 17.6. The van der Waals surface area contributed by atoms with Gasteiger partial charge in [0.05, 0.1) is 11.5 Å². The summed E-state index contributed by atoms with van der Waals surface area (Å²) in [7, 11) is -1.66. The number of hydrogen-bond acceptors (Lipinski definition) is 4. The van der Waals surface area contributed by atoms with Crippen LogP contribution in [0.1, 0.15) is 24.9 Å². The van der Waals surface area contributed by atoms with E-state index in [0.29, 0.717) is 6.61 Å². The van der Waals surface area contributed by atoms with Crippen LogP contribution in [0.25, 0.3) is 0 Å². The topological polar surface area (TPSA) is 72.6 Å². The number of ether oxygens (including phenoxy) is 1. The Balaban J connectivity index is 1.87. The summed E-state index contributed by atoms with van der Waals surface area (Å²) in [5.74, 6) is 0.869. The molecule has 0 spiro atoms. The van der Waals surface area contributed by atoms with Crippen molar-refractivity contribution in [2.24, 2.45) is 5.14 Å². The Kier molecular flexibility index (Phi) is 6.36. The highest BCUT2D eigenvalue weighted by Gasteiger charge is 2.14. The van der Waals surface area contributed by atoms with Gasteiger partial charge in [0.1, 0.15) is 5.75 Å². The van der Waals surface area contributed by atoms with E-state index >= 15 is 0 Å². The Bertz CT molecular complexity index is 748. The fourth-order valence-corrected chi connectivity index (χ4v) is 2.99. The van der Waals surface area contributed by atoms with Crippen LogP contribution in [0.4, 0.5) is 0 Å². The maximum atomic E-state index is 11.5. The molecule has 0 saturated heterocycles.